The van der Waals surface area contributed by atoms with Crippen LogP contribution in [0.25, 0.3) is 0 Å². The fourth-order valence-corrected chi connectivity index (χ4v) is 2.18. The van der Waals surface area contributed by atoms with E-state index < -0.39 is 5.82 Å². The monoisotopic (exact) mass is 241 g/mol. The van der Waals surface area contributed by atoms with E-state index in [2.05, 4.69) is 5.32 Å². The van der Waals surface area contributed by atoms with Crippen LogP contribution >= 0.6 is 11.6 Å². The van der Waals surface area contributed by atoms with Crippen LogP contribution in [0.1, 0.15) is 29.6 Å². The molecule has 1 N–H and O–H groups in total. The minimum Gasteiger partial charge on any atom is -0.345 e. The summed E-state index contributed by atoms with van der Waals surface area (Å²) in [5, 5.41) is 2.83. The van der Waals surface area contributed by atoms with E-state index in [1.165, 1.54) is 12.1 Å². The number of nitrogens with one attached hydrogen (secondary N) is 1. The van der Waals surface area contributed by atoms with Crippen molar-refractivity contribution >= 4 is 17.5 Å². The molecule has 16 heavy (non-hydrogen) atoms. The maximum absolute atomic E-state index is 13.3. The molecule has 1 amide bonds. The van der Waals surface area contributed by atoms with Crippen molar-refractivity contribution in [3.8, 4) is 0 Å². The zero-order valence-electron chi connectivity index (χ0n) is 8.80. The van der Waals surface area contributed by atoms with Gasteiger partial charge in [0.25, 0.3) is 5.91 Å². The molecule has 0 heterocycles. The summed E-state index contributed by atoms with van der Waals surface area (Å²) in [5.74, 6) is -0.491. The summed E-state index contributed by atoms with van der Waals surface area (Å²) in [6.07, 6.45) is 2.80. The van der Waals surface area contributed by atoms with Gasteiger partial charge in [0.2, 0.25) is 0 Å². The van der Waals surface area contributed by atoms with Crippen LogP contribution in [0.2, 0.25) is 0 Å². The highest BCUT2D eigenvalue weighted by molar-refractivity contribution is 6.19. The lowest BCUT2D eigenvalue weighted by Gasteiger charge is -2.41. The molecule has 0 aliphatic heterocycles. The van der Waals surface area contributed by atoms with Gasteiger partial charge >= 0.3 is 0 Å². The van der Waals surface area contributed by atoms with Crippen molar-refractivity contribution in [1.82, 2.24) is 5.32 Å². The van der Waals surface area contributed by atoms with Gasteiger partial charge in [0.05, 0.1) is 11.1 Å². The molecular weight excluding hydrogens is 229 g/mol. The molecule has 4 heteroatoms. The zero-order valence-corrected chi connectivity index (χ0v) is 9.56. The van der Waals surface area contributed by atoms with E-state index >= 15 is 0 Å². The van der Waals surface area contributed by atoms with Gasteiger partial charge in [0.15, 0.2) is 0 Å². The molecule has 0 bridgehead atoms. The van der Waals surface area contributed by atoms with E-state index in [1.54, 1.807) is 12.1 Å². The second-order valence-corrected chi connectivity index (χ2v) is 4.47. The van der Waals surface area contributed by atoms with Gasteiger partial charge in [-0.1, -0.05) is 12.1 Å². The second kappa shape index (κ2) is 4.42. The van der Waals surface area contributed by atoms with Gasteiger partial charge < -0.3 is 5.32 Å². The molecule has 0 spiro atoms. The molecule has 0 radical (unpaired) electrons. The topological polar surface area (TPSA) is 29.1 Å². The van der Waals surface area contributed by atoms with Crippen molar-refractivity contribution < 1.29 is 9.18 Å². The standard InChI is InChI=1S/C12H13ClFNO/c13-8-12(6-3-7-12)15-11(16)9-4-1-2-5-10(9)14/h1-2,4-5H,3,6-8H2,(H,15,16). The number of benzene rings is 1. The first kappa shape index (κ1) is 11.4. The van der Waals surface area contributed by atoms with Crippen molar-refractivity contribution in [2.75, 3.05) is 5.88 Å². The summed E-state index contributed by atoms with van der Waals surface area (Å²) in [7, 11) is 0. The van der Waals surface area contributed by atoms with Crippen LogP contribution in [0.15, 0.2) is 24.3 Å². The SMILES string of the molecule is O=C(NC1(CCl)CCC1)c1ccccc1F. The highest BCUT2D eigenvalue weighted by Crippen LogP contribution is 2.33. The Morgan fingerprint density at radius 1 is 1.44 bits per heavy atom. The smallest absolute Gasteiger partial charge is 0.254 e. The van der Waals surface area contributed by atoms with Gasteiger partial charge in [-0.15, -0.1) is 11.6 Å². The van der Waals surface area contributed by atoms with E-state index in [1.807, 2.05) is 0 Å². The van der Waals surface area contributed by atoms with Crippen LogP contribution in [0.3, 0.4) is 0 Å². The summed E-state index contributed by atoms with van der Waals surface area (Å²) in [6.45, 7) is 0. The number of halogens is 2. The number of hydrogen-bond donors (Lipinski definition) is 1. The molecule has 2 rings (SSSR count). The Balaban J connectivity index is 2.11. The molecule has 0 saturated heterocycles. The lowest BCUT2D eigenvalue weighted by molar-refractivity contribution is 0.0849. The molecule has 1 aliphatic carbocycles. The number of amides is 1. The van der Waals surface area contributed by atoms with E-state index in [9.17, 15) is 9.18 Å². The summed E-state index contributed by atoms with van der Waals surface area (Å²) in [5.41, 5.74) is -0.236. The highest BCUT2D eigenvalue weighted by Gasteiger charge is 2.37. The first-order chi connectivity index (χ1) is 7.67. The first-order valence-electron chi connectivity index (χ1n) is 5.30. The lowest BCUT2D eigenvalue weighted by Crippen LogP contribution is -2.55. The average molecular weight is 242 g/mol. The van der Waals surface area contributed by atoms with Crippen molar-refractivity contribution in [2.24, 2.45) is 0 Å². The van der Waals surface area contributed by atoms with Crippen LogP contribution in [0.5, 0.6) is 0 Å². The molecule has 1 aromatic rings. The first-order valence-corrected chi connectivity index (χ1v) is 5.83. The number of rotatable bonds is 3. The van der Waals surface area contributed by atoms with Gasteiger partial charge in [-0.2, -0.15) is 0 Å². The molecule has 1 fully saturated rings. The zero-order chi connectivity index (χ0) is 11.6. The van der Waals surface area contributed by atoms with Gasteiger partial charge in [0, 0.05) is 5.88 Å². The van der Waals surface area contributed by atoms with Gasteiger partial charge in [0.1, 0.15) is 5.82 Å². The number of alkyl halides is 1. The summed E-state index contributed by atoms with van der Waals surface area (Å²) >= 11 is 5.82. The lowest BCUT2D eigenvalue weighted by atomic mass is 9.78. The Bertz CT molecular complexity index is 398. The van der Waals surface area contributed by atoms with Crippen LogP contribution in [-0.4, -0.2) is 17.3 Å². The Morgan fingerprint density at radius 3 is 2.62 bits per heavy atom. The fraction of sp³-hybridized carbons (Fsp3) is 0.417. The maximum atomic E-state index is 13.3. The second-order valence-electron chi connectivity index (χ2n) is 4.20. The van der Waals surface area contributed by atoms with Crippen molar-refractivity contribution in [3.05, 3.63) is 35.6 Å². The third-order valence-electron chi connectivity index (χ3n) is 3.06. The van der Waals surface area contributed by atoms with Crippen molar-refractivity contribution in [1.29, 1.82) is 0 Å². The molecule has 0 atom stereocenters. The largest absolute Gasteiger partial charge is 0.345 e. The molecule has 1 saturated carbocycles. The van der Waals surface area contributed by atoms with E-state index in [4.69, 9.17) is 11.6 Å². The molecule has 2 nitrogen and oxygen atoms in total. The Hall–Kier alpha value is -1.09. The predicted molar refractivity (Wildman–Crippen MR) is 61.2 cm³/mol. The van der Waals surface area contributed by atoms with Crippen LogP contribution in [0, 0.1) is 5.82 Å². The van der Waals surface area contributed by atoms with E-state index in [-0.39, 0.29) is 17.0 Å². The molecule has 1 aliphatic rings. The third-order valence-corrected chi connectivity index (χ3v) is 3.58. The van der Waals surface area contributed by atoms with E-state index in [0.717, 1.165) is 19.3 Å². The summed E-state index contributed by atoms with van der Waals surface area (Å²) in [6, 6.07) is 5.97. The van der Waals surface area contributed by atoms with Crippen LogP contribution in [-0.2, 0) is 0 Å². The molecule has 86 valence electrons. The Labute approximate surface area is 98.8 Å². The normalized spacial score (nSPS) is 17.6. The van der Waals surface area contributed by atoms with Crippen LogP contribution < -0.4 is 5.32 Å². The van der Waals surface area contributed by atoms with Crippen molar-refractivity contribution in [3.63, 3.8) is 0 Å². The van der Waals surface area contributed by atoms with E-state index in [0.29, 0.717) is 5.88 Å². The maximum Gasteiger partial charge on any atom is 0.254 e. The molecule has 1 aromatic carbocycles. The Kier molecular flexibility index (Phi) is 3.15. The molecule has 0 aromatic heterocycles. The summed E-state index contributed by atoms with van der Waals surface area (Å²) in [4.78, 5) is 11.8. The van der Waals surface area contributed by atoms with Gasteiger partial charge in [-0.25, -0.2) is 4.39 Å². The van der Waals surface area contributed by atoms with Gasteiger partial charge in [-0.3, -0.25) is 4.79 Å². The quantitative estimate of drug-likeness (QED) is 0.810. The Morgan fingerprint density at radius 2 is 2.12 bits per heavy atom. The van der Waals surface area contributed by atoms with Crippen molar-refractivity contribution in [2.45, 2.75) is 24.8 Å². The summed E-state index contributed by atoms with van der Waals surface area (Å²) < 4.78 is 13.3. The number of hydrogen-bond acceptors (Lipinski definition) is 1. The van der Waals surface area contributed by atoms with Gasteiger partial charge in [-0.05, 0) is 31.4 Å². The van der Waals surface area contributed by atoms with Crippen LogP contribution in [0.4, 0.5) is 4.39 Å². The number of carbonyl (C=O) groups excluding carboxylic acids is 1. The molecular formula is C12H13ClFNO. The highest BCUT2D eigenvalue weighted by atomic mass is 35.5. The average Bonchev–Trinajstić information content (AvgIpc) is 2.24. The number of carbonyl (C=O) groups is 1. The fourth-order valence-electron chi connectivity index (χ4n) is 1.85. The predicted octanol–water partition coefficient (Wildman–Crippen LogP) is 2.72. The minimum atomic E-state index is -0.496. The molecule has 0 unspecified atom stereocenters. The minimum absolute atomic E-state index is 0.0823. The third kappa shape index (κ3) is 2.05.